The second-order valence-corrected chi connectivity index (χ2v) is 5.32. The summed E-state index contributed by atoms with van der Waals surface area (Å²) in [5, 5.41) is 4.99. The molecule has 0 radical (unpaired) electrons. The van der Waals surface area contributed by atoms with E-state index < -0.39 is 10.0 Å². The van der Waals surface area contributed by atoms with Crippen LogP contribution in [-0.4, -0.2) is 14.5 Å². The van der Waals surface area contributed by atoms with Crippen LogP contribution in [-0.2, 0) is 10.0 Å². The highest BCUT2D eigenvalue weighted by Gasteiger charge is 2.12. The maximum atomic E-state index is 11.0. The zero-order valence-electron chi connectivity index (χ0n) is 8.84. The molecule has 0 saturated carbocycles. The van der Waals surface area contributed by atoms with Gasteiger partial charge in [-0.15, -0.1) is 0 Å². The Bertz CT molecular complexity index is 423. The van der Waals surface area contributed by atoms with Crippen LogP contribution in [0.3, 0.4) is 0 Å². The van der Waals surface area contributed by atoms with Crippen molar-refractivity contribution in [1.29, 1.82) is 0 Å². The first-order valence-corrected chi connectivity index (χ1v) is 6.25. The second kappa shape index (κ2) is 4.30. The van der Waals surface area contributed by atoms with Crippen molar-refractivity contribution in [3.05, 3.63) is 29.8 Å². The Hall–Kier alpha value is -0.910. The van der Waals surface area contributed by atoms with Crippen molar-refractivity contribution in [1.82, 2.24) is 0 Å². The molecule has 0 fully saturated rings. The van der Waals surface area contributed by atoms with Crippen molar-refractivity contribution >= 4 is 10.0 Å². The first-order valence-electron chi connectivity index (χ1n) is 4.70. The summed E-state index contributed by atoms with van der Waals surface area (Å²) in [4.78, 5) is 0.128. The lowest BCUT2D eigenvalue weighted by Gasteiger charge is -2.15. The van der Waals surface area contributed by atoms with Crippen LogP contribution in [0, 0.1) is 0 Å². The molecule has 1 rings (SSSR count). The van der Waals surface area contributed by atoms with Gasteiger partial charge in [-0.05, 0) is 30.5 Å². The van der Waals surface area contributed by atoms with E-state index in [1.165, 1.54) is 12.1 Å². The first kappa shape index (κ1) is 12.2. The highest BCUT2D eigenvalue weighted by atomic mass is 32.2. The molecule has 0 heterocycles. The van der Waals surface area contributed by atoms with E-state index in [1.807, 2.05) is 13.8 Å². The average molecular weight is 228 g/mol. The summed E-state index contributed by atoms with van der Waals surface area (Å²) in [5.74, 6) is 0.194. The number of nitrogens with two attached hydrogens (primary N) is 2. The zero-order valence-corrected chi connectivity index (χ0v) is 9.66. The maximum absolute atomic E-state index is 11.0. The summed E-state index contributed by atoms with van der Waals surface area (Å²) in [5.41, 5.74) is 6.76. The molecule has 2 unspecified atom stereocenters. The highest BCUT2D eigenvalue weighted by Crippen LogP contribution is 2.19. The Labute approximate surface area is 90.3 Å². The van der Waals surface area contributed by atoms with E-state index in [0.29, 0.717) is 0 Å². The summed E-state index contributed by atoms with van der Waals surface area (Å²) < 4.78 is 22.0. The number of benzene rings is 1. The van der Waals surface area contributed by atoms with E-state index in [1.54, 1.807) is 12.1 Å². The molecule has 0 spiro atoms. The molecule has 0 aliphatic carbocycles. The smallest absolute Gasteiger partial charge is 0.238 e. The Morgan fingerprint density at radius 3 is 1.93 bits per heavy atom. The predicted molar refractivity (Wildman–Crippen MR) is 59.9 cm³/mol. The van der Waals surface area contributed by atoms with Crippen LogP contribution >= 0.6 is 0 Å². The van der Waals surface area contributed by atoms with E-state index in [4.69, 9.17) is 10.9 Å². The third kappa shape index (κ3) is 3.02. The van der Waals surface area contributed by atoms with Crippen LogP contribution in [0.25, 0.3) is 0 Å². The minimum absolute atomic E-state index is 0.0327. The van der Waals surface area contributed by atoms with Gasteiger partial charge < -0.3 is 5.73 Å². The van der Waals surface area contributed by atoms with Crippen molar-refractivity contribution in [2.75, 3.05) is 0 Å². The quantitative estimate of drug-likeness (QED) is 0.801. The van der Waals surface area contributed by atoms with Gasteiger partial charge in [0.15, 0.2) is 0 Å². The van der Waals surface area contributed by atoms with Crippen molar-refractivity contribution in [2.45, 2.75) is 30.7 Å². The summed E-state index contributed by atoms with van der Waals surface area (Å²) in [6.45, 7) is 3.91. The van der Waals surface area contributed by atoms with Crippen LogP contribution in [0.4, 0.5) is 0 Å². The van der Waals surface area contributed by atoms with Crippen molar-refractivity contribution in [3.8, 4) is 0 Å². The molecular weight excluding hydrogens is 212 g/mol. The molecule has 1 aromatic carbocycles. The van der Waals surface area contributed by atoms with Gasteiger partial charge in [0.1, 0.15) is 0 Å². The lowest BCUT2D eigenvalue weighted by molar-refractivity contribution is 0.597. The molecular formula is C10H16N2O2S. The van der Waals surface area contributed by atoms with Gasteiger partial charge in [0, 0.05) is 6.04 Å². The van der Waals surface area contributed by atoms with E-state index in [2.05, 4.69) is 0 Å². The number of hydrogen-bond acceptors (Lipinski definition) is 3. The molecule has 15 heavy (non-hydrogen) atoms. The van der Waals surface area contributed by atoms with Gasteiger partial charge in [0.05, 0.1) is 4.90 Å². The topological polar surface area (TPSA) is 86.2 Å². The molecule has 0 aliphatic rings. The first-order chi connectivity index (χ1) is 6.82. The third-order valence-corrected chi connectivity index (χ3v) is 3.45. The minimum Gasteiger partial charge on any atom is -0.327 e. The van der Waals surface area contributed by atoms with E-state index >= 15 is 0 Å². The lowest BCUT2D eigenvalue weighted by Crippen LogP contribution is -2.22. The summed E-state index contributed by atoms with van der Waals surface area (Å²) in [7, 11) is -3.60. The largest absolute Gasteiger partial charge is 0.327 e. The van der Waals surface area contributed by atoms with Crippen molar-refractivity contribution < 1.29 is 8.42 Å². The summed E-state index contributed by atoms with van der Waals surface area (Å²) in [6.07, 6.45) is 0. The Morgan fingerprint density at radius 1 is 1.13 bits per heavy atom. The van der Waals surface area contributed by atoms with E-state index in [9.17, 15) is 8.42 Å². The molecule has 84 valence electrons. The number of rotatable bonds is 3. The van der Waals surface area contributed by atoms with Crippen molar-refractivity contribution in [2.24, 2.45) is 10.9 Å². The van der Waals surface area contributed by atoms with Gasteiger partial charge in [0.25, 0.3) is 0 Å². The average Bonchev–Trinajstić information content (AvgIpc) is 2.15. The van der Waals surface area contributed by atoms with Crippen LogP contribution in [0.5, 0.6) is 0 Å². The molecule has 4 nitrogen and oxygen atoms in total. The van der Waals surface area contributed by atoms with Gasteiger partial charge in [-0.1, -0.05) is 19.1 Å². The number of hydrogen-bond donors (Lipinski definition) is 2. The van der Waals surface area contributed by atoms with Gasteiger partial charge >= 0.3 is 0 Å². The number of primary sulfonamides is 1. The summed E-state index contributed by atoms with van der Waals surface area (Å²) >= 11 is 0. The fraction of sp³-hybridized carbons (Fsp3) is 0.400. The normalized spacial score (nSPS) is 16.0. The SMILES string of the molecule is CC(N)C(C)c1ccc(S(N)(=O)=O)cc1. The van der Waals surface area contributed by atoms with Gasteiger partial charge in [-0.3, -0.25) is 0 Å². The molecule has 0 aliphatic heterocycles. The van der Waals surface area contributed by atoms with E-state index in [0.717, 1.165) is 5.56 Å². The van der Waals surface area contributed by atoms with Crippen LogP contribution < -0.4 is 10.9 Å². The number of sulfonamides is 1. The standard InChI is InChI=1S/C10H16N2O2S/c1-7(8(2)11)9-3-5-10(6-4-9)15(12,13)14/h3-8H,11H2,1-2H3,(H2,12,13,14). The predicted octanol–water partition coefficient (Wildman–Crippen LogP) is 0.785. The van der Waals surface area contributed by atoms with Gasteiger partial charge in [0.2, 0.25) is 10.0 Å². The van der Waals surface area contributed by atoms with Crippen LogP contribution in [0.2, 0.25) is 0 Å². The zero-order chi connectivity index (χ0) is 11.6. The molecule has 0 bridgehead atoms. The molecule has 4 N–H and O–H groups in total. The monoisotopic (exact) mass is 228 g/mol. The molecule has 1 aromatic rings. The Balaban J connectivity index is 3.01. The lowest BCUT2D eigenvalue weighted by atomic mass is 9.95. The fourth-order valence-corrected chi connectivity index (χ4v) is 1.78. The van der Waals surface area contributed by atoms with Crippen molar-refractivity contribution in [3.63, 3.8) is 0 Å². The Kier molecular flexibility index (Phi) is 3.49. The molecule has 0 amide bonds. The maximum Gasteiger partial charge on any atom is 0.238 e. The second-order valence-electron chi connectivity index (χ2n) is 3.76. The van der Waals surface area contributed by atoms with Crippen LogP contribution in [0.1, 0.15) is 25.3 Å². The molecule has 2 atom stereocenters. The minimum atomic E-state index is -3.60. The van der Waals surface area contributed by atoms with Gasteiger partial charge in [-0.25, -0.2) is 13.6 Å². The third-order valence-electron chi connectivity index (χ3n) is 2.52. The highest BCUT2D eigenvalue weighted by molar-refractivity contribution is 7.89. The van der Waals surface area contributed by atoms with Crippen LogP contribution in [0.15, 0.2) is 29.2 Å². The molecule has 0 aromatic heterocycles. The molecule has 5 heteroatoms. The fourth-order valence-electron chi connectivity index (χ4n) is 1.26. The van der Waals surface area contributed by atoms with Gasteiger partial charge in [-0.2, -0.15) is 0 Å². The van der Waals surface area contributed by atoms with E-state index in [-0.39, 0.29) is 16.9 Å². The molecule has 0 saturated heterocycles. The summed E-state index contributed by atoms with van der Waals surface area (Å²) in [6, 6.07) is 6.53. The Morgan fingerprint density at radius 2 is 1.60 bits per heavy atom.